The van der Waals surface area contributed by atoms with Gasteiger partial charge in [0.1, 0.15) is 0 Å². The highest BCUT2D eigenvalue weighted by Crippen LogP contribution is 2.41. The van der Waals surface area contributed by atoms with E-state index in [1.807, 2.05) is 54.4 Å². The van der Waals surface area contributed by atoms with Crippen LogP contribution >= 0.6 is 0 Å². The summed E-state index contributed by atoms with van der Waals surface area (Å²) in [5, 5.41) is 4.38. The average molecular weight is 499 g/mol. The van der Waals surface area contributed by atoms with Gasteiger partial charge in [-0.3, -0.25) is 9.78 Å². The third-order valence-corrected chi connectivity index (χ3v) is 7.61. The number of hydrogen-bond donors (Lipinski definition) is 1. The Bertz CT molecular complexity index is 1320. The van der Waals surface area contributed by atoms with Crippen molar-refractivity contribution in [3.63, 3.8) is 0 Å². The van der Waals surface area contributed by atoms with Gasteiger partial charge in [-0.15, -0.1) is 6.42 Å². The van der Waals surface area contributed by atoms with Crippen LogP contribution in [0.4, 0.5) is 11.4 Å². The Hall–Kier alpha value is -3.76. The summed E-state index contributed by atoms with van der Waals surface area (Å²) in [6.45, 7) is 4.59. The lowest BCUT2D eigenvalue weighted by Crippen LogP contribution is -2.63. The maximum Gasteiger partial charge on any atom is 0.230 e. The Balaban J connectivity index is 1.16. The number of fused-ring (bicyclic) bond motifs is 1. The summed E-state index contributed by atoms with van der Waals surface area (Å²) in [6.07, 6.45) is 11.3. The van der Waals surface area contributed by atoms with E-state index in [1.165, 1.54) is 0 Å². The number of ether oxygens (including phenoxy) is 2. The molecule has 0 aliphatic carbocycles. The fraction of sp³-hybridized carbons (Fsp3) is 0.400. The molecule has 5 rings (SSSR count). The van der Waals surface area contributed by atoms with E-state index in [4.69, 9.17) is 15.9 Å². The van der Waals surface area contributed by atoms with Crippen LogP contribution in [0, 0.1) is 17.8 Å². The molecule has 1 amide bonds. The Morgan fingerprint density at radius 1 is 1.14 bits per heavy atom. The summed E-state index contributed by atoms with van der Waals surface area (Å²) in [5.74, 6) is 4.38. The molecule has 7 heteroatoms. The van der Waals surface area contributed by atoms with E-state index in [2.05, 4.69) is 21.1 Å². The molecule has 2 saturated heterocycles. The molecule has 0 atom stereocenters. The van der Waals surface area contributed by atoms with E-state index in [0.717, 1.165) is 79.7 Å². The standard InChI is InChI=1S/C30H34N4O3/c1-4-22-8-7-9-23(18-22)32-25-10-13-31-26-20-28(27(36-3)19-24(25)26)37-17-6-5-14-34-15-11-30(12-16-34)21-33(2)29(30)35/h1,7-10,13,18-20H,5-6,11-12,14-17,21H2,2-3H3,(H,31,32). The second-order valence-electron chi connectivity index (χ2n) is 10.1. The summed E-state index contributed by atoms with van der Waals surface area (Å²) in [4.78, 5) is 21.1. The van der Waals surface area contributed by atoms with Gasteiger partial charge < -0.3 is 24.6 Å². The van der Waals surface area contributed by atoms with Crippen molar-refractivity contribution in [3.8, 4) is 23.8 Å². The second-order valence-corrected chi connectivity index (χ2v) is 10.1. The third kappa shape index (κ3) is 5.21. The highest BCUT2D eigenvalue weighted by molar-refractivity contribution is 5.95. The fourth-order valence-electron chi connectivity index (χ4n) is 5.48. The van der Waals surface area contributed by atoms with E-state index < -0.39 is 0 Å². The summed E-state index contributed by atoms with van der Waals surface area (Å²) in [5.41, 5.74) is 3.42. The lowest BCUT2D eigenvalue weighted by molar-refractivity contribution is -0.162. The number of rotatable bonds is 9. The van der Waals surface area contributed by atoms with Gasteiger partial charge in [-0.25, -0.2) is 0 Å². The van der Waals surface area contributed by atoms with E-state index in [9.17, 15) is 4.79 Å². The number of methoxy groups -OCH3 is 1. The molecule has 192 valence electrons. The second kappa shape index (κ2) is 10.7. The number of nitrogens with zero attached hydrogens (tertiary/aromatic N) is 3. The van der Waals surface area contributed by atoms with Crippen LogP contribution in [-0.2, 0) is 4.79 Å². The van der Waals surface area contributed by atoms with Gasteiger partial charge in [0.2, 0.25) is 5.91 Å². The van der Waals surface area contributed by atoms with Crippen LogP contribution < -0.4 is 14.8 Å². The topological polar surface area (TPSA) is 66.9 Å². The predicted octanol–water partition coefficient (Wildman–Crippen LogP) is 4.68. The zero-order chi connectivity index (χ0) is 25.8. The molecule has 2 fully saturated rings. The number of hydrogen-bond acceptors (Lipinski definition) is 6. The zero-order valence-corrected chi connectivity index (χ0v) is 21.6. The number of carbonyl (C=O) groups is 1. The molecule has 1 aromatic heterocycles. The number of nitrogens with one attached hydrogen (secondary N) is 1. The number of unbranched alkanes of at least 4 members (excludes halogenated alkanes) is 1. The third-order valence-electron chi connectivity index (χ3n) is 7.61. The molecule has 2 aliphatic heterocycles. The highest BCUT2D eigenvalue weighted by atomic mass is 16.5. The molecule has 37 heavy (non-hydrogen) atoms. The molecule has 0 saturated carbocycles. The number of benzene rings is 2. The van der Waals surface area contributed by atoms with Gasteiger partial charge in [-0.05, 0) is 75.6 Å². The Kier molecular flexibility index (Phi) is 7.20. The number of pyridine rings is 1. The summed E-state index contributed by atoms with van der Waals surface area (Å²) in [7, 11) is 3.55. The molecular formula is C30H34N4O3. The Labute approximate surface area is 218 Å². The number of likely N-dealkylation sites (tertiary alicyclic amines) is 2. The first-order chi connectivity index (χ1) is 18.0. The van der Waals surface area contributed by atoms with Gasteiger partial charge in [-0.1, -0.05) is 12.0 Å². The largest absolute Gasteiger partial charge is 0.493 e. The summed E-state index contributed by atoms with van der Waals surface area (Å²) in [6, 6.07) is 13.6. The molecule has 2 aliphatic rings. The van der Waals surface area contributed by atoms with Crippen LogP contribution in [0.1, 0.15) is 31.2 Å². The molecule has 0 radical (unpaired) electrons. The molecular weight excluding hydrogens is 464 g/mol. The Morgan fingerprint density at radius 2 is 1.97 bits per heavy atom. The first-order valence-corrected chi connectivity index (χ1v) is 12.9. The van der Waals surface area contributed by atoms with Gasteiger partial charge >= 0.3 is 0 Å². The van der Waals surface area contributed by atoms with Crippen molar-refractivity contribution in [2.45, 2.75) is 25.7 Å². The SMILES string of the molecule is C#Cc1cccc(Nc2ccnc3cc(OCCCCN4CCC5(CC4)CN(C)C5=O)c(OC)cc23)c1. The van der Waals surface area contributed by atoms with Crippen LogP contribution in [-0.4, -0.2) is 67.6 Å². The first-order valence-electron chi connectivity index (χ1n) is 12.9. The van der Waals surface area contributed by atoms with E-state index in [0.29, 0.717) is 24.0 Å². The maximum atomic E-state index is 12.2. The minimum atomic E-state index is -0.0594. The van der Waals surface area contributed by atoms with Crippen molar-refractivity contribution in [3.05, 3.63) is 54.2 Å². The molecule has 7 nitrogen and oxygen atoms in total. The van der Waals surface area contributed by atoms with Crippen molar-refractivity contribution < 1.29 is 14.3 Å². The first kappa shape index (κ1) is 24.9. The number of terminal acetylenes is 1. The minimum absolute atomic E-state index is 0.0594. The van der Waals surface area contributed by atoms with Gasteiger partial charge in [0, 0.05) is 48.2 Å². The number of β-lactam (4-membered cyclic amide) rings is 1. The monoisotopic (exact) mass is 498 g/mol. The van der Waals surface area contributed by atoms with Crippen LogP contribution in [0.3, 0.4) is 0 Å². The predicted molar refractivity (Wildman–Crippen MR) is 146 cm³/mol. The molecule has 1 spiro atoms. The zero-order valence-electron chi connectivity index (χ0n) is 21.6. The van der Waals surface area contributed by atoms with Crippen molar-refractivity contribution in [2.24, 2.45) is 5.41 Å². The van der Waals surface area contributed by atoms with Crippen LogP contribution in [0.2, 0.25) is 0 Å². The Morgan fingerprint density at radius 3 is 2.70 bits per heavy atom. The highest BCUT2D eigenvalue weighted by Gasteiger charge is 2.51. The molecule has 0 unspecified atom stereocenters. The van der Waals surface area contributed by atoms with Gasteiger partial charge in [-0.2, -0.15) is 0 Å². The maximum absolute atomic E-state index is 12.2. The van der Waals surface area contributed by atoms with Crippen molar-refractivity contribution in [1.82, 2.24) is 14.8 Å². The summed E-state index contributed by atoms with van der Waals surface area (Å²) < 4.78 is 11.8. The van der Waals surface area contributed by atoms with E-state index >= 15 is 0 Å². The van der Waals surface area contributed by atoms with Crippen molar-refractivity contribution in [2.75, 3.05) is 52.3 Å². The smallest absolute Gasteiger partial charge is 0.230 e. The number of aromatic nitrogens is 1. The number of amides is 1. The van der Waals surface area contributed by atoms with Crippen LogP contribution in [0.5, 0.6) is 11.5 Å². The lowest BCUT2D eigenvalue weighted by atomic mass is 9.71. The molecule has 1 N–H and O–H groups in total. The van der Waals surface area contributed by atoms with Gasteiger partial charge in [0.15, 0.2) is 11.5 Å². The number of piperidine rings is 1. The quantitative estimate of drug-likeness (QED) is 0.263. The normalized spacial score (nSPS) is 16.9. The molecule has 3 aromatic rings. The van der Waals surface area contributed by atoms with Crippen LogP contribution in [0.15, 0.2) is 48.7 Å². The lowest BCUT2D eigenvalue weighted by Gasteiger charge is -2.51. The molecule has 3 heterocycles. The summed E-state index contributed by atoms with van der Waals surface area (Å²) >= 11 is 0. The number of anilines is 2. The van der Waals surface area contributed by atoms with Gasteiger partial charge in [0.05, 0.1) is 24.6 Å². The molecule has 2 aromatic carbocycles. The minimum Gasteiger partial charge on any atom is -0.493 e. The van der Waals surface area contributed by atoms with Crippen molar-refractivity contribution in [1.29, 1.82) is 0 Å². The van der Waals surface area contributed by atoms with E-state index in [-0.39, 0.29) is 5.41 Å². The molecule has 0 bridgehead atoms. The van der Waals surface area contributed by atoms with Gasteiger partial charge in [0.25, 0.3) is 0 Å². The fourth-order valence-corrected chi connectivity index (χ4v) is 5.48. The average Bonchev–Trinajstić information content (AvgIpc) is 2.93. The van der Waals surface area contributed by atoms with Crippen LogP contribution in [0.25, 0.3) is 10.9 Å². The van der Waals surface area contributed by atoms with E-state index in [1.54, 1.807) is 13.3 Å². The van der Waals surface area contributed by atoms with Crippen molar-refractivity contribution >= 4 is 28.2 Å². The number of carbonyl (C=O) groups excluding carboxylic acids is 1.